The van der Waals surface area contributed by atoms with Crippen molar-refractivity contribution in [2.24, 2.45) is 0 Å². The number of hydrogen-bond donors (Lipinski definition) is 1. The second-order valence-electron chi connectivity index (χ2n) is 5.56. The molecule has 0 spiro atoms. The molecule has 2 aromatic carbocycles. The van der Waals surface area contributed by atoms with E-state index in [4.69, 9.17) is 5.11 Å². The van der Waals surface area contributed by atoms with Crippen LogP contribution in [-0.4, -0.2) is 20.5 Å². The molecule has 0 radical (unpaired) electrons. The van der Waals surface area contributed by atoms with Crippen LogP contribution in [0.25, 0.3) is 16.2 Å². The number of imidazole rings is 1. The monoisotopic (exact) mass is 334 g/mol. The van der Waals surface area contributed by atoms with Crippen LogP contribution in [0.4, 0.5) is 0 Å². The fourth-order valence-corrected chi connectivity index (χ4v) is 3.60. The van der Waals surface area contributed by atoms with Crippen LogP contribution in [0.2, 0.25) is 0 Å². The van der Waals surface area contributed by atoms with Crippen LogP contribution in [0.1, 0.15) is 21.6 Å². The third-order valence-electron chi connectivity index (χ3n) is 3.93. The predicted octanol–water partition coefficient (Wildman–Crippen LogP) is 4.35. The number of thiazole rings is 1. The number of carboxylic acid groups (broad SMARTS) is 1. The van der Waals surface area contributed by atoms with Crippen LogP contribution in [0.5, 0.6) is 0 Å². The minimum atomic E-state index is -1.00. The lowest BCUT2D eigenvalue weighted by Gasteiger charge is -2.04. The summed E-state index contributed by atoms with van der Waals surface area (Å²) in [6.45, 7) is 0. The highest BCUT2D eigenvalue weighted by Gasteiger charge is 2.13. The van der Waals surface area contributed by atoms with Crippen LogP contribution >= 0.6 is 11.3 Å². The van der Waals surface area contributed by atoms with E-state index in [0.717, 1.165) is 17.7 Å². The number of aromatic carboxylic acids is 1. The van der Waals surface area contributed by atoms with Gasteiger partial charge in [-0.25, -0.2) is 9.78 Å². The maximum absolute atomic E-state index is 11.1. The zero-order valence-corrected chi connectivity index (χ0v) is 13.5. The van der Waals surface area contributed by atoms with Crippen molar-refractivity contribution in [1.82, 2.24) is 9.38 Å². The molecule has 1 N–H and O–H groups in total. The number of carbonyl (C=O) groups is 1. The Hall–Kier alpha value is -2.92. The molecule has 0 bridgehead atoms. The van der Waals surface area contributed by atoms with E-state index >= 15 is 0 Å². The molecule has 118 valence electrons. The Labute approximate surface area is 142 Å². The van der Waals surface area contributed by atoms with Crippen molar-refractivity contribution in [2.45, 2.75) is 6.42 Å². The Kier molecular flexibility index (Phi) is 3.63. The third-order valence-corrected chi connectivity index (χ3v) is 4.77. The molecule has 24 heavy (non-hydrogen) atoms. The largest absolute Gasteiger partial charge is 0.476 e. The number of benzene rings is 2. The highest BCUT2D eigenvalue weighted by atomic mass is 32.1. The molecule has 0 aliphatic heterocycles. The molecule has 2 aromatic heterocycles. The van der Waals surface area contributed by atoms with Gasteiger partial charge in [-0.05, 0) is 23.1 Å². The molecule has 0 aliphatic carbocycles. The van der Waals surface area contributed by atoms with Crippen molar-refractivity contribution in [1.29, 1.82) is 0 Å². The normalized spacial score (nSPS) is 11.0. The molecular formula is C19H14N2O2S. The van der Waals surface area contributed by atoms with Gasteiger partial charge >= 0.3 is 5.97 Å². The van der Waals surface area contributed by atoms with E-state index in [2.05, 4.69) is 41.4 Å². The maximum atomic E-state index is 11.1. The molecule has 4 nitrogen and oxygen atoms in total. The van der Waals surface area contributed by atoms with Crippen LogP contribution in [-0.2, 0) is 6.42 Å². The molecule has 4 aromatic rings. The third kappa shape index (κ3) is 2.70. The van der Waals surface area contributed by atoms with Gasteiger partial charge in [0.2, 0.25) is 0 Å². The molecule has 5 heteroatoms. The smallest absolute Gasteiger partial charge is 0.356 e. The fourth-order valence-electron chi connectivity index (χ4n) is 2.72. The SMILES string of the molecule is O=C(O)c1cn2c(-c3ccc(Cc4ccccc4)cc3)csc2n1. The average molecular weight is 334 g/mol. The summed E-state index contributed by atoms with van der Waals surface area (Å²) in [4.78, 5) is 15.9. The molecule has 0 aliphatic rings. The van der Waals surface area contributed by atoms with E-state index in [9.17, 15) is 4.79 Å². The van der Waals surface area contributed by atoms with Gasteiger partial charge in [-0.15, -0.1) is 11.3 Å². The van der Waals surface area contributed by atoms with Gasteiger partial charge in [-0.3, -0.25) is 4.40 Å². The summed E-state index contributed by atoms with van der Waals surface area (Å²) in [7, 11) is 0. The van der Waals surface area contributed by atoms with Crippen molar-refractivity contribution < 1.29 is 9.90 Å². The van der Waals surface area contributed by atoms with Crippen molar-refractivity contribution in [3.63, 3.8) is 0 Å². The average Bonchev–Trinajstić information content (AvgIpc) is 3.17. The molecule has 4 rings (SSSR count). The van der Waals surface area contributed by atoms with E-state index in [1.807, 2.05) is 28.0 Å². The van der Waals surface area contributed by atoms with Crippen molar-refractivity contribution in [3.05, 3.63) is 83.0 Å². The van der Waals surface area contributed by atoms with Crippen LogP contribution in [0.3, 0.4) is 0 Å². The Bertz CT molecular complexity index is 1000. The molecular weight excluding hydrogens is 320 g/mol. The van der Waals surface area contributed by atoms with Gasteiger partial charge in [0.25, 0.3) is 0 Å². The van der Waals surface area contributed by atoms with E-state index in [-0.39, 0.29) is 5.69 Å². The quantitative estimate of drug-likeness (QED) is 0.603. The highest BCUT2D eigenvalue weighted by Crippen LogP contribution is 2.27. The zero-order chi connectivity index (χ0) is 16.5. The summed E-state index contributed by atoms with van der Waals surface area (Å²) in [6, 6.07) is 18.7. The predicted molar refractivity (Wildman–Crippen MR) is 94.7 cm³/mol. The number of fused-ring (bicyclic) bond motifs is 1. The minimum Gasteiger partial charge on any atom is -0.476 e. The molecule has 0 unspecified atom stereocenters. The Balaban J connectivity index is 1.64. The van der Waals surface area contributed by atoms with Gasteiger partial charge in [-0.1, -0.05) is 54.6 Å². The van der Waals surface area contributed by atoms with E-state index in [1.54, 1.807) is 6.20 Å². The van der Waals surface area contributed by atoms with E-state index in [1.165, 1.54) is 22.5 Å². The molecule has 0 atom stereocenters. The molecule has 0 amide bonds. The maximum Gasteiger partial charge on any atom is 0.356 e. The van der Waals surface area contributed by atoms with Gasteiger partial charge in [0.15, 0.2) is 10.7 Å². The van der Waals surface area contributed by atoms with Gasteiger partial charge in [-0.2, -0.15) is 0 Å². The van der Waals surface area contributed by atoms with Gasteiger partial charge in [0, 0.05) is 11.6 Å². The van der Waals surface area contributed by atoms with E-state index in [0.29, 0.717) is 4.96 Å². The first-order chi connectivity index (χ1) is 11.7. The van der Waals surface area contributed by atoms with Crippen molar-refractivity contribution in [3.8, 4) is 11.3 Å². The minimum absolute atomic E-state index is 0.0730. The summed E-state index contributed by atoms with van der Waals surface area (Å²) >= 11 is 1.44. The number of nitrogens with zero attached hydrogens (tertiary/aromatic N) is 2. The topological polar surface area (TPSA) is 54.6 Å². The summed E-state index contributed by atoms with van der Waals surface area (Å²) < 4.78 is 1.83. The van der Waals surface area contributed by atoms with Gasteiger partial charge < -0.3 is 5.11 Å². The standard InChI is InChI=1S/C19H14N2O2S/c22-18(23)16-11-21-17(12-24-19(21)20-16)15-8-6-14(7-9-15)10-13-4-2-1-3-5-13/h1-9,11-12H,10H2,(H,22,23). The number of carboxylic acids is 1. The van der Waals surface area contributed by atoms with Crippen LogP contribution in [0.15, 0.2) is 66.2 Å². The van der Waals surface area contributed by atoms with Crippen molar-refractivity contribution in [2.75, 3.05) is 0 Å². The highest BCUT2D eigenvalue weighted by molar-refractivity contribution is 7.15. The van der Waals surface area contributed by atoms with Crippen LogP contribution < -0.4 is 0 Å². The zero-order valence-electron chi connectivity index (χ0n) is 12.7. The fraction of sp³-hybridized carbons (Fsp3) is 0.0526. The number of rotatable bonds is 4. The summed E-state index contributed by atoms with van der Waals surface area (Å²) in [6.07, 6.45) is 2.47. The van der Waals surface area contributed by atoms with Gasteiger partial charge in [0.1, 0.15) is 0 Å². The van der Waals surface area contributed by atoms with Crippen molar-refractivity contribution >= 4 is 22.3 Å². The summed E-state index contributed by atoms with van der Waals surface area (Å²) in [5.41, 5.74) is 4.61. The Morgan fingerprint density at radius 2 is 1.75 bits per heavy atom. The molecule has 0 saturated heterocycles. The van der Waals surface area contributed by atoms with Crippen LogP contribution in [0, 0.1) is 0 Å². The molecule has 2 heterocycles. The first-order valence-corrected chi connectivity index (χ1v) is 8.42. The second kappa shape index (κ2) is 5.94. The first-order valence-electron chi connectivity index (χ1n) is 7.54. The van der Waals surface area contributed by atoms with E-state index < -0.39 is 5.97 Å². The number of hydrogen-bond acceptors (Lipinski definition) is 3. The lowest BCUT2D eigenvalue weighted by atomic mass is 10.0. The lowest BCUT2D eigenvalue weighted by Crippen LogP contribution is -1.95. The number of aromatic nitrogens is 2. The molecule has 0 saturated carbocycles. The first kappa shape index (κ1) is 14.7. The molecule has 0 fully saturated rings. The second-order valence-corrected chi connectivity index (χ2v) is 6.40. The Morgan fingerprint density at radius 3 is 2.46 bits per heavy atom. The summed E-state index contributed by atoms with van der Waals surface area (Å²) in [5, 5.41) is 11.1. The lowest BCUT2D eigenvalue weighted by molar-refractivity contribution is 0.0691. The summed E-state index contributed by atoms with van der Waals surface area (Å²) in [5.74, 6) is -1.00. The van der Waals surface area contributed by atoms with Gasteiger partial charge in [0.05, 0.1) is 5.69 Å². The Morgan fingerprint density at radius 1 is 1.04 bits per heavy atom.